The van der Waals surface area contributed by atoms with Crippen LogP contribution in [-0.2, 0) is 4.79 Å². The number of hydrogen-bond donors (Lipinski definition) is 3. The Morgan fingerprint density at radius 1 is 1.48 bits per heavy atom. The van der Waals surface area contributed by atoms with Crippen LogP contribution in [0.1, 0.15) is 26.2 Å². The van der Waals surface area contributed by atoms with E-state index < -0.39 is 12.0 Å². The molecule has 3 N–H and O–H groups in total. The molecule has 7 nitrogen and oxygen atoms in total. The summed E-state index contributed by atoms with van der Waals surface area (Å²) in [6.45, 7) is 2.39. The van der Waals surface area contributed by atoms with Gasteiger partial charge in [-0.2, -0.15) is 0 Å². The van der Waals surface area contributed by atoms with Crippen LogP contribution < -0.4 is 15.4 Å². The van der Waals surface area contributed by atoms with Crippen LogP contribution in [0.15, 0.2) is 18.3 Å². The first-order chi connectivity index (χ1) is 10.1. The Balaban J connectivity index is 1.86. The van der Waals surface area contributed by atoms with Gasteiger partial charge in [-0.1, -0.05) is 0 Å². The summed E-state index contributed by atoms with van der Waals surface area (Å²) in [6.07, 6.45) is 3.36. The van der Waals surface area contributed by atoms with E-state index in [-0.39, 0.29) is 18.4 Å². The number of aliphatic carboxylic acids is 1. The smallest absolute Gasteiger partial charge is 0.319 e. The maximum absolute atomic E-state index is 11.9. The number of hydrogen-bond acceptors (Lipinski definition) is 4. The summed E-state index contributed by atoms with van der Waals surface area (Å²) in [4.78, 5) is 26.7. The van der Waals surface area contributed by atoms with E-state index in [4.69, 9.17) is 9.84 Å². The predicted molar refractivity (Wildman–Crippen MR) is 76.3 cm³/mol. The van der Waals surface area contributed by atoms with Crippen molar-refractivity contribution in [3.8, 4) is 5.88 Å². The highest BCUT2D eigenvalue weighted by Crippen LogP contribution is 2.34. The molecule has 7 heteroatoms. The summed E-state index contributed by atoms with van der Waals surface area (Å²) >= 11 is 0. The Hall–Kier alpha value is -2.31. The normalized spacial score (nSPS) is 15.1. The molecule has 2 amide bonds. The standard InChI is InChI=1S/C14H19N3O4/c1-2-21-12-6-5-10(8-15-12)16-14(20)17-11(7-13(18)19)9-3-4-9/h5-6,8-9,11H,2-4,7H2,1H3,(H,18,19)(H2,16,17,20). The number of carbonyl (C=O) groups excluding carboxylic acids is 1. The SMILES string of the molecule is CCOc1ccc(NC(=O)NC(CC(=O)O)C2CC2)cn1. The molecule has 1 heterocycles. The van der Waals surface area contributed by atoms with Crippen molar-refractivity contribution in [1.82, 2.24) is 10.3 Å². The van der Waals surface area contributed by atoms with E-state index in [0.717, 1.165) is 12.8 Å². The number of carbonyl (C=O) groups is 2. The molecule has 0 radical (unpaired) electrons. The topological polar surface area (TPSA) is 101 Å². The minimum absolute atomic E-state index is 0.0559. The monoisotopic (exact) mass is 293 g/mol. The van der Waals surface area contributed by atoms with Gasteiger partial charge in [0.05, 0.1) is 24.9 Å². The molecule has 0 aromatic carbocycles. The van der Waals surface area contributed by atoms with Crippen molar-refractivity contribution in [3.63, 3.8) is 0 Å². The van der Waals surface area contributed by atoms with Gasteiger partial charge in [-0.25, -0.2) is 9.78 Å². The lowest BCUT2D eigenvalue weighted by Gasteiger charge is -2.16. The molecule has 1 aromatic rings. The van der Waals surface area contributed by atoms with Crippen LogP contribution in [-0.4, -0.2) is 34.7 Å². The number of nitrogens with zero attached hydrogens (tertiary/aromatic N) is 1. The molecule has 1 aliphatic carbocycles. The van der Waals surface area contributed by atoms with Crippen molar-refractivity contribution in [3.05, 3.63) is 18.3 Å². The second kappa shape index (κ2) is 6.92. The summed E-state index contributed by atoms with van der Waals surface area (Å²) < 4.78 is 5.21. The number of aromatic nitrogens is 1. The summed E-state index contributed by atoms with van der Waals surface area (Å²) in [5, 5.41) is 14.2. The highest BCUT2D eigenvalue weighted by Gasteiger charge is 2.33. The first-order valence-corrected chi connectivity index (χ1v) is 6.96. The van der Waals surface area contributed by atoms with Crippen molar-refractivity contribution in [2.24, 2.45) is 5.92 Å². The zero-order valence-corrected chi connectivity index (χ0v) is 11.8. The summed E-state index contributed by atoms with van der Waals surface area (Å²) in [6, 6.07) is 2.60. The number of pyridine rings is 1. The Kier molecular flexibility index (Phi) is 4.97. The van der Waals surface area contributed by atoms with E-state index in [2.05, 4.69) is 15.6 Å². The van der Waals surface area contributed by atoms with Gasteiger partial charge in [-0.3, -0.25) is 4.79 Å². The fourth-order valence-corrected chi connectivity index (χ4v) is 2.05. The molecule has 0 bridgehead atoms. The van der Waals surface area contributed by atoms with E-state index in [1.165, 1.54) is 6.20 Å². The highest BCUT2D eigenvalue weighted by atomic mass is 16.5. The Bertz CT molecular complexity index is 499. The third-order valence-electron chi connectivity index (χ3n) is 3.19. The van der Waals surface area contributed by atoms with Gasteiger partial charge >= 0.3 is 12.0 Å². The van der Waals surface area contributed by atoms with Gasteiger partial charge in [0, 0.05) is 12.1 Å². The second-order valence-corrected chi connectivity index (χ2v) is 4.96. The number of ether oxygens (including phenoxy) is 1. The quantitative estimate of drug-likeness (QED) is 0.712. The van der Waals surface area contributed by atoms with Gasteiger partial charge in [0.1, 0.15) is 0 Å². The lowest BCUT2D eigenvalue weighted by atomic mass is 10.1. The molecule has 1 atom stereocenters. The van der Waals surface area contributed by atoms with Crippen LogP contribution in [0.3, 0.4) is 0 Å². The zero-order chi connectivity index (χ0) is 15.2. The zero-order valence-electron chi connectivity index (χ0n) is 11.8. The number of carboxylic acids is 1. The van der Waals surface area contributed by atoms with Gasteiger partial charge < -0.3 is 20.5 Å². The van der Waals surface area contributed by atoms with Crippen molar-refractivity contribution >= 4 is 17.7 Å². The van der Waals surface area contributed by atoms with Crippen molar-refractivity contribution in [2.45, 2.75) is 32.2 Å². The van der Waals surface area contributed by atoms with Crippen LogP contribution in [0.5, 0.6) is 5.88 Å². The molecule has 1 aromatic heterocycles. The molecular weight excluding hydrogens is 274 g/mol. The number of rotatable bonds is 7. The summed E-state index contributed by atoms with van der Waals surface area (Å²) in [5.74, 6) is -0.148. The number of nitrogens with one attached hydrogen (secondary N) is 2. The number of urea groups is 1. The Morgan fingerprint density at radius 3 is 2.76 bits per heavy atom. The van der Waals surface area contributed by atoms with Crippen LogP contribution >= 0.6 is 0 Å². The molecule has 1 aliphatic rings. The van der Waals surface area contributed by atoms with Gasteiger partial charge in [-0.05, 0) is 31.7 Å². The highest BCUT2D eigenvalue weighted by molar-refractivity contribution is 5.89. The third-order valence-corrected chi connectivity index (χ3v) is 3.19. The number of carboxylic acid groups (broad SMARTS) is 1. The third kappa shape index (κ3) is 4.94. The average molecular weight is 293 g/mol. The lowest BCUT2D eigenvalue weighted by molar-refractivity contribution is -0.137. The van der Waals surface area contributed by atoms with Gasteiger partial charge in [0.25, 0.3) is 0 Å². The molecule has 2 rings (SSSR count). The van der Waals surface area contributed by atoms with Crippen molar-refractivity contribution in [2.75, 3.05) is 11.9 Å². The largest absolute Gasteiger partial charge is 0.481 e. The van der Waals surface area contributed by atoms with E-state index in [0.29, 0.717) is 18.2 Å². The maximum atomic E-state index is 11.9. The van der Waals surface area contributed by atoms with Crippen molar-refractivity contribution < 1.29 is 19.4 Å². The summed E-state index contributed by atoms with van der Waals surface area (Å²) in [7, 11) is 0. The fraction of sp³-hybridized carbons (Fsp3) is 0.500. The van der Waals surface area contributed by atoms with Crippen LogP contribution in [0.2, 0.25) is 0 Å². The van der Waals surface area contributed by atoms with Gasteiger partial charge in [0.15, 0.2) is 0 Å². The molecule has 0 saturated heterocycles. The average Bonchev–Trinajstić information content (AvgIpc) is 3.24. The minimum atomic E-state index is -0.907. The van der Waals surface area contributed by atoms with E-state index in [1.54, 1.807) is 12.1 Å². The second-order valence-electron chi connectivity index (χ2n) is 4.96. The van der Waals surface area contributed by atoms with Crippen LogP contribution in [0, 0.1) is 5.92 Å². The molecular formula is C14H19N3O4. The fourth-order valence-electron chi connectivity index (χ4n) is 2.05. The maximum Gasteiger partial charge on any atom is 0.319 e. The summed E-state index contributed by atoms with van der Waals surface area (Å²) in [5.41, 5.74) is 0.529. The molecule has 1 fully saturated rings. The van der Waals surface area contributed by atoms with Crippen LogP contribution in [0.4, 0.5) is 10.5 Å². The molecule has 1 unspecified atom stereocenters. The number of anilines is 1. The molecule has 21 heavy (non-hydrogen) atoms. The predicted octanol–water partition coefficient (Wildman–Crippen LogP) is 1.86. The van der Waals surface area contributed by atoms with Crippen LogP contribution in [0.25, 0.3) is 0 Å². The number of amides is 2. The first kappa shape index (κ1) is 15.1. The van der Waals surface area contributed by atoms with Crippen molar-refractivity contribution in [1.29, 1.82) is 0 Å². The molecule has 0 spiro atoms. The first-order valence-electron chi connectivity index (χ1n) is 6.96. The minimum Gasteiger partial charge on any atom is -0.481 e. The molecule has 114 valence electrons. The van der Waals surface area contributed by atoms with Gasteiger partial charge in [-0.15, -0.1) is 0 Å². The van der Waals surface area contributed by atoms with E-state index in [9.17, 15) is 9.59 Å². The lowest BCUT2D eigenvalue weighted by Crippen LogP contribution is -2.40. The van der Waals surface area contributed by atoms with E-state index >= 15 is 0 Å². The van der Waals surface area contributed by atoms with E-state index in [1.807, 2.05) is 6.92 Å². The Morgan fingerprint density at radius 2 is 2.24 bits per heavy atom. The van der Waals surface area contributed by atoms with Gasteiger partial charge in [0.2, 0.25) is 5.88 Å². The Labute approximate surface area is 122 Å². The molecule has 0 aliphatic heterocycles. The molecule has 1 saturated carbocycles.